The van der Waals surface area contributed by atoms with Gasteiger partial charge in [-0.1, -0.05) is 6.42 Å². The molecule has 3 fully saturated rings. The van der Waals surface area contributed by atoms with Gasteiger partial charge in [-0.2, -0.15) is 5.10 Å². The number of aromatic nitrogens is 2. The van der Waals surface area contributed by atoms with E-state index in [1.807, 2.05) is 18.1 Å². The van der Waals surface area contributed by atoms with Crippen molar-refractivity contribution in [2.45, 2.75) is 50.9 Å². The molecule has 5 atom stereocenters. The summed E-state index contributed by atoms with van der Waals surface area (Å²) in [5.74, 6) is -0.995. The average molecular weight is 392 g/mol. The van der Waals surface area contributed by atoms with E-state index in [4.69, 9.17) is 0 Å². The molecule has 7 nitrogen and oxygen atoms in total. The molecule has 1 amide bonds. The van der Waals surface area contributed by atoms with Gasteiger partial charge >= 0.3 is 5.97 Å². The fraction of sp³-hybridized carbons (Fsp3) is 0.750. The van der Waals surface area contributed by atoms with Gasteiger partial charge in [0.25, 0.3) is 0 Å². The summed E-state index contributed by atoms with van der Waals surface area (Å²) in [6, 6.07) is -0.117. The normalized spacial score (nSPS) is 34.8. The molecular weight excluding hydrogens is 363 g/mol. The van der Waals surface area contributed by atoms with Crippen molar-refractivity contribution in [3.8, 4) is 0 Å². The molecule has 1 aromatic heterocycles. The quantitative estimate of drug-likeness (QED) is 0.746. The Bertz CT molecular complexity index is 768. The lowest BCUT2D eigenvalue weighted by Gasteiger charge is -2.37. The molecule has 3 unspecified atom stereocenters. The maximum absolute atomic E-state index is 14.2. The molecule has 154 valence electrons. The van der Waals surface area contributed by atoms with E-state index in [0.29, 0.717) is 38.4 Å². The van der Waals surface area contributed by atoms with Gasteiger partial charge in [0.05, 0.1) is 6.20 Å². The van der Waals surface area contributed by atoms with Crippen LogP contribution in [0.5, 0.6) is 0 Å². The highest BCUT2D eigenvalue weighted by Gasteiger charge is 2.61. The number of alkyl halides is 1. The van der Waals surface area contributed by atoms with Crippen LogP contribution in [0.25, 0.3) is 0 Å². The smallest absolute Gasteiger partial charge is 0.319 e. The molecule has 4 rings (SSSR count). The van der Waals surface area contributed by atoms with Crippen LogP contribution in [-0.2, 0) is 23.2 Å². The highest BCUT2D eigenvalue weighted by atomic mass is 19.1. The lowest BCUT2D eigenvalue weighted by Crippen LogP contribution is -2.52. The van der Waals surface area contributed by atoms with Crippen molar-refractivity contribution in [3.63, 3.8) is 0 Å². The van der Waals surface area contributed by atoms with E-state index in [1.54, 1.807) is 22.8 Å². The number of carboxylic acid groups (broad SMARTS) is 1. The SMILES string of the molecule is CN(C[C@@H]1C[C@H](F)CN1Cc1cnn(C)c1)C(=O)C1(C(=O)O)CC2CCC1C2. The summed E-state index contributed by atoms with van der Waals surface area (Å²) in [7, 11) is 3.52. The molecule has 1 N–H and O–H groups in total. The number of carbonyl (C=O) groups is 2. The van der Waals surface area contributed by atoms with Crippen LogP contribution in [0, 0.1) is 17.3 Å². The van der Waals surface area contributed by atoms with E-state index in [-0.39, 0.29) is 17.9 Å². The standard InChI is InChI=1S/C20H29FN4O3/c1-23(18(26)20(19(27)28)7-13-3-4-15(20)5-13)12-17-6-16(21)11-25(17)10-14-8-22-24(2)9-14/h8-9,13,15-17H,3-7,10-12H2,1-2H3,(H,27,28)/t13?,15?,16-,17-,20?/m0/s1. The number of likely N-dealkylation sites (N-methyl/N-ethyl adjacent to an activating group) is 1. The lowest BCUT2D eigenvalue weighted by molar-refractivity contribution is -0.164. The van der Waals surface area contributed by atoms with Crippen LogP contribution in [0.1, 0.15) is 37.7 Å². The number of carboxylic acids is 1. The first-order chi connectivity index (χ1) is 13.3. The molecule has 0 radical (unpaired) electrons. The third-order valence-corrected chi connectivity index (χ3v) is 7.06. The molecule has 0 aromatic carbocycles. The van der Waals surface area contributed by atoms with Crippen molar-refractivity contribution in [1.82, 2.24) is 19.6 Å². The largest absolute Gasteiger partial charge is 0.480 e. The van der Waals surface area contributed by atoms with Gasteiger partial charge in [-0.15, -0.1) is 0 Å². The van der Waals surface area contributed by atoms with Crippen molar-refractivity contribution in [3.05, 3.63) is 18.0 Å². The Hall–Kier alpha value is -1.96. The topological polar surface area (TPSA) is 78.7 Å². The van der Waals surface area contributed by atoms with Crippen molar-refractivity contribution in [1.29, 1.82) is 0 Å². The van der Waals surface area contributed by atoms with E-state index in [1.165, 1.54) is 0 Å². The predicted octanol–water partition coefficient (Wildman–Crippen LogP) is 1.68. The first-order valence-corrected chi connectivity index (χ1v) is 10.1. The van der Waals surface area contributed by atoms with Gasteiger partial charge in [0.1, 0.15) is 11.6 Å². The highest BCUT2D eigenvalue weighted by molar-refractivity contribution is 6.02. The summed E-state index contributed by atoms with van der Waals surface area (Å²) in [5.41, 5.74) is -0.273. The van der Waals surface area contributed by atoms with Gasteiger partial charge < -0.3 is 10.0 Å². The van der Waals surface area contributed by atoms with Gasteiger partial charge in [0.15, 0.2) is 0 Å². The molecule has 1 aromatic rings. The maximum Gasteiger partial charge on any atom is 0.319 e. The van der Waals surface area contributed by atoms with Crippen molar-refractivity contribution in [2.24, 2.45) is 24.3 Å². The number of hydrogen-bond acceptors (Lipinski definition) is 4. The van der Waals surface area contributed by atoms with Crippen LogP contribution in [0.15, 0.2) is 12.4 Å². The number of amides is 1. The second kappa shape index (κ2) is 7.13. The molecule has 28 heavy (non-hydrogen) atoms. The molecule has 0 spiro atoms. The molecule has 2 bridgehead atoms. The number of rotatable bonds is 6. The van der Waals surface area contributed by atoms with Crippen LogP contribution >= 0.6 is 0 Å². The van der Waals surface area contributed by atoms with Gasteiger partial charge in [0, 0.05) is 51.5 Å². The number of likely N-dealkylation sites (tertiary alicyclic amines) is 1. The van der Waals surface area contributed by atoms with Crippen molar-refractivity contribution >= 4 is 11.9 Å². The predicted molar refractivity (Wildman–Crippen MR) is 100 cm³/mol. The Morgan fingerprint density at radius 3 is 2.75 bits per heavy atom. The van der Waals surface area contributed by atoms with E-state index in [0.717, 1.165) is 24.8 Å². The zero-order chi connectivity index (χ0) is 20.1. The van der Waals surface area contributed by atoms with Crippen LogP contribution in [0.4, 0.5) is 4.39 Å². The second-order valence-corrected chi connectivity index (χ2v) is 8.98. The zero-order valence-corrected chi connectivity index (χ0v) is 16.6. The molecule has 1 saturated heterocycles. The Kier molecular flexibility index (Phi) is 4.93. The number of aliphatic carboxylic acids is 1. The van der Waals surface area contributed by atoms with E-state index in [9.17, 15) is 19.1 Å². The molecule has 2 saturated carbocycles. The molecule has 8 heteroatoms. The Labute approximate surface area is 164 Å². The summed E-state index contributed by atoms with van der Waals surface area (Å²) in [5, 5.41) is 14.1. The minimum absolute atomic E-state index is 0.0612. The van der Waals surface area contributed by atoms with Gasteiger partial charge in [-0.25, -0.2) is 4.39 Å². The monoisotopic (exact) mass is 392 g/mol. The maximum atomic E-state index is 14.2. The van der Waals surface area contributed by atoms with E-state index in [2.05, 4.69) is 5.10 Å². The minimum Gasteiger partial charge on any atom is -0.480 e. The van der Waals surface area contributed by atoms with Crippen LogP contribution < -0.4 is 0 Å². The fourth-order valence-electron chi connectivity index (χ4n) is 5.78. The minimum atomic E-state index is -1.28. The number of halogens is 1. The van der Waals surface area contributed by atoms with Crippen LogP contribution in [0.2, 0.25) is 0 Å². The van der Waals surface area contributed by atoms with E-state index >= 15 is 0 Å². The molecule has 1 aliphatic heterocycles. The zero-order valence-electron chi connectivity index (χ0n) is 16.6. The molecule has 2 heterocycles. The third kappa shape index (κ3) is 3.21. The lowest BCUT2D eigenvalue weighted by atomic mass is 9.72. The Balaban J connectivity index is 1.46. The number of carbonyl (C=O) groups excluding carboxylic acids is 1. The Morgan fingerprint density at radius 1 is 1.39 bits per heavy atom. The summed E-state index contributed by atoms with van der Waals surface area (Å²) in [6.45, 7) is 1.26. The molecule has 2 aliphatic carbocycles. The van der Waals surface area contributed by atoms with Crippen LogP contribution in [0.3, 0.4) is 0 Å². The summed E-state index contributed by atoms with van der Waals surface area (Å²) >= 11 is 0. The molecular formula is C20H29FN4O3. The summed E-state index contributed by atoms with van der Waals surface area (Å²) in [6.07, 6.45) is 6.26. The van der Waals surface area contributed by atoms with Crippen molar-refractivity contribution in [2.75, 3.05) is 20.1 Å². The van der Waals surface area contributed by atoms with Crippen molar-refractivity contribution < 1.29 is 19.1 Å². The average Bonchev–Trinajstić information content (AvgIpc) is 3.40. The number of fused-ring (bicyclic) bond motifs is 2. The number of aryl methyl sites for hydroxylation is 1. The first-order valence-electron chi connectivity index (χ1n) is 10.1. The second-order valence-electron chi connectivity index (χ2n) is 8.98. The van der Waals surface area contributed by atoms with Gasteiger partial charge in [-0.3, -0.25) is 19.2 Å². The van der Waals surface area contributed by atoms with Gasteiger partial charge in [0.2, 0.25) is 5.91 Å². The third-order valence-electron chi connectivity index (χ3n) is 7.06. The first kappa shape index (κ1) is 19.4. The summed E-state index contributed by atoms with van der Waals surface area (Å²) in [4.78, 5) is 29.0. The highest BCUT2D eigenvalue weighted by Crippen LogP contribution is 2.56. The summed E-state index contributed by atoms with van der Waals surface area (Å²) < 4.78 is 15.9. The number of nitrogens with zero attached hydrogens (tertiary/aromatic N) is 4. The van der Waals surface area contributed by atoms with E-state index < -0.39 is 17.6 Å². The Morgan fingerprint density at radius 2 is 2.18 bits per heavy atom. The number of hydrogen-bond donors (Lipinski definition) is 1. The van der Waals surface area contributed by atoms with Gasteiger partial charge in [-0.05, 0) is 37.5 Å². The molecule has 3 aliphatic rings. The fourth-order valence-corrected chi connectivity index (χ4v) is 5.78. The van der Waals surface area contributed by atoms with Crippen LogP contribution in [-0.4, -0.2) is 68.9 Å².